The van der Waals surface area contributed by atoms with Gasteiger partial charge in [-0.05, 0) is 32.4 Å². The molecule has 1 fully saturated rings. The van der Waals surface area contributed by atoms with E-state index in [2.05, 4.69) is 5.32 Å². The summed E-state index contributed by atoms with van der Waals surface area (Å²) < 4.78 is 5.41. The molecule has 5 nitrogen and oxygen atoms in total. The predicted octanol–water partition coefficient (Wildman–Crippen LogP) is 2.79. The average Bonchev–Trinajstić information content (AvgIpc) is 2.81. The van der Waals surface area contributed by atoms with Crippen molar-refractivity contribution >= 4 is 23.6 Å². The minimum Gasteiger partial charge on any atom is -0.444 e. The zero-order valence-electron chi connectivity index (χ0n) is 12.9. The highest BCUT2D eigenvalue weighted by Crippen LogP contribution is 2.36. The predicted molar refractivity (Wildman–Crippen MR) is 83.3 cm³/mol. The van der Waals surface area contributed by atoms with Crippen LogP contribution in [-0.4, -0.2) is 41.6 Å². The second-order valence-electron chi connectivity index (χ2n) is 6.78. The van der Waals surface area contributed by atoms with Gasteiger partial charge in [0.15, 0.2) is 0 Å². The van der Waals surface area contributed by atoms with Crippen molar-refractivity contribution in [1.29, 1.82) is 0 Å². The summed E-state index contributed by atoms with van der Waals surface area (Å²) in [5, 5.41) is 3.40. The molecule has 3 rings (SSSR count). The number of halogens is 1. The number of hydrogen-bond donors (Lipinski definition) is 1. The maximum Gasteiger partial charge on any atom is 0.410 e. The summed E-state index contributed by atoms with van der Waals surface area (Å²) in [6.07, 6.45) is -0.347. The molecule has 1 aromatic carbocycles. The van der Waals surface area contributed by atoms with Gasteiger partial charge in [0.25, 0.3) is 5.91 Å². The van der Waals surface area contributed by atoms with E-state index < -0.39 is 5.60 Å². The third kappa shape index (κ3) is 2.65. The monoisotopic (exact) mass is 322 g/mol. The molecule has 2 unspecified atom stereocenters. The molecule has 2 aliphatic heterocycles. The third-order valence-electron chi connectivity index (χ3n) is 3.96. The fraction of sp³-hybridized carbons (Fsp3) is 0.500. The molecular weight excluding hydrogens is 304 g/mol. The van der Waals surface area contributed by atoms with Crippen LogP contribution in [0.15, 0.2) is 18.2 Å². The number of fused-ring (bicyclic) bond motifs is 3. The van der Waals surface area contributed by atoms with Crippen LogP contribution in [-0.2, 0) is 4.74 Å². The summed E-state index contributed by atoms with van der Waals surface area (Å²) in [7, 11) is 0. The van der Waals surface area contributed by atoms with E-state index in [0.717, 1.165) is 5.56 Å². The lowest BCUT2D eigenvalue weighted by molar-refractivity contribution is 0.0288. The molecule has 0 radical (unpaired) electrons. The van der Waals surface area contributed by atoms with Crippen molar-refractivity contribution in [2.24, 2.45) is 0 Å². The van der Waals surface area contributed by atoms with E-state index >= 15 is 0 Å². The lowest BCUT2D eigenvalue weighted by atomic mass is 9.86. The Morgan fingerprint density at radius 3 is 2.77 bits per heavy atom. The molecule has 22 heavy (non-hydrogen) atoms. The molecule has 1 N–H and O–H groups in total. The van der Waals surface area contributed by atoms with Crippen molar-refractivity contribution in [3.63, 3.8) is 0 Å². The van der Waals surface area contributed by atoms with Crippen LogP contribution < -0.4 is 5.32 Å². The number of benzene rings is 1. The third-order valence-corrected chi connectivity index (χ3v) is 4.28. The van der Waals surface area contributed by atoms with Gasteiger partial charge in [-0.3, -0.25) is 4.79 Å². The number of rotatable bonds is 0. The van der Waals surface area contributed by atoms with Gasteiger partial charge in [0.1, 0.15) is 5.60 Å². The van der Waals surface area contributed by atoms with E-state index in [0.29, 0.717) is 23.7 Å². The van der Waals surface area contributed by atoms with Crippen LogP contribution in [0.1, 0.15) is 42.6 Å². The number of nitrogens with zero attached hydrogens (tertiary/aromatic N) is 1. The maximum absolute atomic E-state index is 12.2. The van der Waals surface area contributed by atoms with E-state index in [9.17, 15) is 9.59 Å². The first-order chi connectivity index (χ1) is 10.3. The topological polar surface area (TPSA) is 58.6 Å². The first kappa shape index (κ1) is 15.2. The number of ether oxygens (including phenoxy) is 1. The lowest BCUT2D eigenvalue weighted by Crippen LogP contribution is -2.44. The molecule has 0 bridgehead atoms. The number of carbonyl (C=O) groups excluding carboxylic acids is 2. The van der Waals surface area contributed by atoms with Crippen molar-refractivity contribution in [2.75, 3.05) is 13.1 Å². The Kier molecular flexibility index (Phi) is 3.56. The molecule has 0 aliphatic carbocycles. The minimum absolute atomic E-state index is 0.0546. The number of hydrogen-bond acceptors (Lipinski definition) is 3. The van der Waals surface area contributed by atoms with Gasteiger partial charge >= 0.3 is 6.09 Å². The molecule has 0 aromatic heterocycles. The molecule has 6 heteroatoms. The molecule has 2 aliphatic rings. The smallest absolute Gasteiger partial charge is 0.410 e. The van der Waals surface area contributed by atoms with Gasteiger partial charge < -0.3 is 15.0 Å². The number of likely N-dealkylation sites (tertiary alicyclic amines) is 1. The van der Waals surface area contributed by atoms with Crippen LogP contribution in [0.3, 0.4) is 0 Å². The van der Waals surface area contributed by atoms with Gasteiger partial charge in [0.05, 0.1) is 16.6 Å². The summed E-state index contributed by atoms with van der Waals surface area (Å²) in [4.78, 5) is 26.1. The second kappa shape index (κ2) is 5.16. The molecular formula is C16H19ClN2O3. The summed E-state index contributed by atoms with van der Waals surface area (Å²) in [5.74, 6) is -0.119. The Hall–Kier alpha value is -1.75. The quantitative estimate of drug-likeness (QED) is 0.799. The number of nitrogens with one attached hydrogen (secondary N) is 1. The van der Waals surface area contributed by atoms with Crippen LogP contribution >= 0.6 is 11.6 Å². The van der Waals surface area contributed by atoms with Gasteiger partial charge in [-0.1, -0.05) is 23.7 Å². The van der Waals surface area contributed by atoms with Crippen LogP contribution in [0, 0.1) is 0 Å². The van der Waals surface area contributed by atoms with Crippen LogP contribution in [0.25, 0.3) is 0 Å². The van der Waals surface area contributed by atoms with Gasteiger partial charge in [-0.25, -0.2) is 4.79 Å². The molecule has 1 aromatic rings. The zero-order chi connectivity index (χ0) is 16.1. The van der Waals surface area contributed by atoms with E-state index in [1.165, 1.54) is 0 Å². The van der Waals surface area contributed by atoms with Crippen LogP contribution in [0.4, 0.5) is 4.79 Å². The standard InChI is InChI=1S/C16H19ClN2O3/c1-16(2,3)22-15(21)19-7-10-9-5-4-6-11(17)13(9)14(20)18-12(10)8-19/h4-6,10,12H,7-8H2,1-3H3,(H,18,20). The van der Waals surface area contributed by atoms with E-state index in [-0.39, 0.29) is 24.0 Å². The highest BCUT2D eigenvalue weighted by atomic mass is 35.5. The molecule has 0 spiro atoms. The fourth-order valence-electron chi connectivity index (χ4n) is 3.07. The summed E-state index contributed by atoms with van der Waals surface area (Å²) in [6, 6.07) is 5.37. The first-order valence-electron chi connectivity index (χ1n) is 7.33. The normalized spacial score (nSPS) is 23.6. The first-order valence-corrected chi connectivity index (χ1v) is 7.71. The largest absolute Gasteiger partial charge is 0.444 e. The Morgan fingerprint density at radius 2 is 2.09 bits per heavy atom. The summed E-state index contributed by atoms with van der Waals surface area (Å²) in [6.45, 7) is 6.49. The molecule has 2 atom stereocenters. The number of amides is 2. The van der Waals surface area contributed by atoms with Gasteiger partial charge in [0, 0.05) is 19.0 Å². The number of carbonyl (C=O) groups is 2. The van der Waals surface area contributed by atoms with Crippen molar-refractivity contribution in [3.05, 3.63) is 34.3 Å². The van der Waals surface area contributed by atoms with E-state index in [4.69, 9.17) is 16.3 Å². The maximum atomic E-state index is 12.2. The van der Waals surface area contributed by atoms with Crippen molar-refractivity contribution in [3.8, 4) is 0 Å². The lowest BCUT2D eigenvalue weighted by Gasteiger charge is -2.28. The van der Waals surface area contributed by atoms with E-state index in [1.807, 2.05) is 32.9 Å². The highest BCUT2D eigenvalue weighted by molar-refractivity contribution is 6.34. The van der Waals surface area contributed by atoms with Gasteiger partial charge in [-0.15, -0.1) is 0 Å². The molecule has 2 heterocycles. The Bertz CT molecular complexity index is 639. The highest BCUT2D eigenvalue weighted by Gasteiger charge is 2.43. The second-order valence-corrected chi connectivity index (χ2v) is 7.18. The van der Waals surface area contributed by atoms with Crippen LogP contribution in [0.2, 0.25) is 5.02 Å². The SMILES string of the molecule is CC(C)(C)OC(=O)N1CC2NC(=O)c3c(Cl)cccc3C2C1. The average molecular weight is 323 g/mol. The summed E-state index contributed by atoms with van der Waals surface area (Å²) in [5.41, 5.74) is 0.902. The summed E-state index contributed by atoms with van der Waals surface area (Å²) >= 11 is 6.15. The molecule has 2 amide bonds. The molecule has 1 saturated heterocycles. The van der Waals surface area contributed by atoms with E-state index in [1.54, 1.807) is 11.0 Å². The Balaban J connectivity index is 1.85. The van der Waals surface area contributed by atoms with Crippen molar-refractivity contribution < 1.29 is 14.3 Å². The fourth-order valence-corrected chi connectivity index (χ4v) is 3.34. The minimum atomic E-state index is -0.532. The van der Waals surface area contributed by atoms with Gasteiger partial charge in [0.2, 0.25) is 0 Å². The van der Waals surface area contributed by atoms with Crippen molar-refractivity contribution in [1.82, 2.24) is 10.2 Å². The Morgan fingerprint density at radius 1 is 1.36 bits per heavy atom. The molecule has 0 saturated carbocycles. The van der Waals surface area contributed by atoms with Crippen LogP contribution in [0.5, 0.6) is 0 Å². The van der Waals surface area contributed by atoms with Crippen molar-refractivity contribution in [2.45, 2.75) is 38.3 Å². The Labute approximate surface area is 134 Å². The molecule has 118 valence electrons. The van der Waals surface area contributed by atoms with Gasteiger partial charge in [-0.2, -0.15) is 0 Å². The zero-order valence-corrected chi connectivity index (χ0v) is 13.6.